The summed E-state index contributed by atoms with van der Waals surface area (Å²) in [5.74, 6) is -6.18. The molecule has 0 saturated carbocycles. The Labute approximate surface area is 190 Å². The predicted octanol–water partition coefficient (Wildman–Crippen LogP) is -2.43. The number of nitrogens with one attached hydrogen (secondary N) is 3. The van der Waals surface area contributed by atoms with Gasteiger partial charge in [0.1, 0.15) is 18.1 Å². The summed E-state index contributed by atoms with van der Waals surface area (Å²) < 4.78 is 0. The fourth-order valence-corrected chi connectivity index (χ4v) is 2.80. The zero-order valence-corrected chi connectivity index (χ0v) is 18.8. The number of carbonyl (C=O) groups is 6. The Hall–Kier alpha value is -2.87. The zero-order chi connectivity index (χ0) is 25.0. The van der Waals surface area contributed by atoms with E-state index in [4.69, 9.17) is 16.6 Å². The molecular weight excluding hydrogens is 446 g/mol. The first kappa shape index (κ1) is 29.1. The maximum absolute atomic E-state index is 12.6. The van der Waals surface area contributed by atoms with Gasteiger partial charge in [-0.15, -0.1) is 0 Å². The number of carboxylic acids is 2. The van der Waals surface area contributed by atoms with E-state index in [0.29, 0.717) is 0 Å². The number of rotatable bonds is 15. The number of thiol groups is 1. The van der Waals surface area contributed by atoms with Gasteiger partial charge in [-0.2, -0.15) is 12.6 Å². The molecule has 0 radical (unpaired) electrons. The summed E-state index contributed by atoms with van der Waals surface area (Å²) in [7, 11) is 0. The van der Waals surface area contributed by atoms with Gasteiger partial charge in [0, 0.05) is 12.2 Å². The molecule has 0 aromatic rings. The van der Waals surface area contributed by atoms with Gasteiger partial charge < -0.3 is 37.6 Å². The van der Waals surface area contributed by atoms with Crippen molar-refractivity contribution in [1.82, 2.24) is 16.0 Å². The number of amides is 4. The molecule has 32 heavy (non-hydrogen) atoms. The minimum absolute atomic E-state index is 0.0242. The van der Waals surface area contributed by atoms with Crippen LogP contribution in [0.3, 0.4) is 0 Å². The molecule has 0 fully saturated rings. The average molecular weight is 478 g/mol. The van der Waals surface area contributed by atoms with Gasteiger partial charge in [0.2, 0.25) is 23.6 Å². The highest BCUT2D eigenvalue weighted by Crippen LogP contribution is 2.06. The Morgan fingerprint density at radius 2 is 1.38 bits per heavy atom. The Morgan fingerprint density at radius 3 is 1.81 bits per heavy atom. The van der Waals surface area contributed by atoms with Crippen molar-refractivity contribution in [2.75, 3.05) is 5.75 Å². The molecule has 0 aliphatic rings. The lowest BCUT2D eigenvalue weighted by atomic mass is 10.0. The molecule has 0 rings (SSSR count). The van der Waals surface area contributed by atoms with Crippen molar-refractivity contribution >= 4 is 48.2 Å². The molecule has 0 bridgehead atoms. The van der Waals surface area contributed by atoms with E-state index in [-0.39, 0.29) is 30.9 Å². The van der Waals surface area contributed by atoms with Gasteiger partial charge in [0.05, 0.1) is 12.5 Å². The van der Waals surface area contributed by atoms with E-state index >= 15 is 0 Å². The zero-order valence-electron chi connectivity index (χ0n) is 17.9. The lowest BCUT2D eigenvalue weighted by Crippen LogP contribution is -2.58. The SMILES string of the molecule is CC(C)CC(NC(=O)C(CS)NC(=O)C(CCC(N)=O)NC(=O)C(N)CC(=O)O)C(=O)O. The minimum atomic E-state index is -1.45. The Kier molecular flexibility index (Phi) is 13.0. The number of primary amides is 1. The molecule has 0 spiro atoms. The van der Waals surface area contributed by atoms with Gasteiger partial charge in [-0.1, -0.05) is 13.8 Å². The van der Waals surface area contributed by atoms with Gasteiger partial charge >= 0.3 is 11.9 Å². The summed E-state index contributed by atoms with van der Waals surface area (Å²) in [5, 5.41) is 24.9. The van der Waals surface area contributed by atoms with Crippen LogP contribution in [0.15, 0.2) is 0 Å². The quantitative estimate of drug-likeness (QED) is 0.117. The van der Waals surface area contributed by atoms with E-state index < -0.39 is 66.2 Å². The molecule has 4 amide bonds. The second-order valence-electron chi connectivity index (χ2n) is 7.54. The van der Waals surface area contributed by atoms with Crippen LogP contribution in [-0.4, -0.2) is 75.7 Å². The van der Waals surface area contributed by atoms with E-state index in [2.05, 4.69) is 28.6 Å². The minimum Gasteiger partial charge on any atom is -0.481 e. The third-order valence-electron chi connectivity index (χ3n) is 4.18. The normalized spacial score (nSPS) is 14.5. The van der Waals surface area contributed by atoms with Crippen LogP contribution in [0, 0.1) is 5.92 Å². The number of aliphatic carboxylic acids is 2. The highest BCUT2D eigenvalue weighted by molar-refractivity contribution is 7.80. The van der Waals surface area contributed by atoms with E-state index in [1.54, 1.807) is 13.8 Å². The van der Waals surface area contributed by atoms with Crippen molar-refractivity contribution < 1.29 is 39.0 Å². The van der Waals surface area contributed by atoms with Gasteiger partial charge in [-0.25, -0.2) is 4.79 Å². The summed E-state index contributed by atoms with van der Waals surface area (Å²) in [6, 6.07) is -5.23. The van der Waals surface area contributed by atoms with E-state index in [9.17, 15) is 33.9 Å². The third kappa shape index (κ3) is 11.5. The molecular formula is C18H31N5O8S. The maximum Gasteiger partial charge on any atom is 0.326 e. The molecule has 9 N–H and O–H groups in total. The van der Waals surface area contributed by atoms with Gasteiger partial charge in [-0.05, 0) is 18.8 Å². The van der Waals surface area contributed by atoms with E-state index in [1.807, 2.05) is 0 Å². The van der Waals surface area contributed by atoms with Crippen molar-refractivity contribution in [2.45, 2.75) is 63.7 Å². The van der Waals surface area contributed by atoms with Gasteiger partial charge in [0.25, 0.3) is 0 Å². The topological polar surface area (TPSA) is 231 Å². The summed E-state index contributed by atoms with van der Waals surface area (Å²) in [5.41, 5.74) is 10.6. The van der Waals surface area contributed by atoms with Crippen LogP contribution >= 0.6 is 12.6 Å². The highest BCUT2D eigenvalue weighted by Gasteiger charge is 2.30. The summed E-state index contributed by atoms with van der Waals surface area (Å²) in [6.07, 6.45) is -1.06. The van der Waals surface area contributed by atoms with Crippen LogP contribution in [-0.2, 0) is 28.8 Å². The van der Waals surface area contributed by atoms with Crippen molar-refractivity contribution in [2.24, 2.45) is 17.4 Å². The largest absolute Gasteiger partial charge is 0.481 e. The molecule has 182 valence electrons. The third-order valence-corrected chi connectivity index (χ3v) is 4.55. The first-order chi connectivity index (χ1) is 14.8. The molecule has 14 heteroatoms. The molecule has 0 aliphatic carbocycles. The summed E-state index contributed by atoms with van der Waals surface area (Å²) in [6.45, 7) is 3.56. The molecule has 0 aromatic heterocycles. The van der Waals surface area contributed by atoms with Crippen molar-refractivity contribution in [3.63, 3.8) is 0 Å². The molecule has 0 heterocycles. The molecule has 0 saturated heterocycles. The summed E-state index contributed by atoms with van der Waals surface area (Å²) in [4.78, 5) is 70.4. The van der Waals surface area contributed by atoms with Crippen molar-refractivity contribution in [1.29, 1.82) is 0 Å². The fraction of sp³-hybridized carbons (Fsp3) is 0.667. The van der Waals surface area contributed by atoms with E-state index in [0.717, 1.165) is 0 Å². The van der Waals surface area contributed by atoms with Crippen LogP contribution in [0.25, 0.3) is 0 Å². The first-order valence-electron chi connectivity index (χ1n) is 9.78. The fourth-order valence-electron chi connectivity index (χ4n) is 2.55. The van der Waals surface area contributed by atoms with Crippen LogP contribution in [0.2, 0.25) is 0 Å². The maximum atomic E-state index is 12.6. The lowest BCUT2D eigenvalue weighted by Gasteiger charge is -2.24. The lowest BCUT2D eigenvalue weighted by molar-refractivity contribution is -0.142. The Bertz CT molecular complexity index is 717. The Balaban J connectivity index is 5.32. The molecule has 4 atom stereocenters. The number of carboxylic acid groups (broad SMARTS) is 2. The molecule has 13 nitrogen and oxygen atoms in total. The first-order valence-corrected chi connectivity index (χ1v) is 10.4. The average Bonchev–Trinajstić information content (AvgIpc) is 2.66. The number of hydrogen-bond acceptors (Lipinski definition) is 8. The molecule has 0 aromatic carbocycles. The Morgan fingerprint density at radius 1 is 0.875 bits per heavy atom. The second-order valence-corrected chi connectivity index (χ2v) is 7.91. The van der Waals surface area contributed by atoms with Crippen LogP contribution < -0.4 is 27.4 Å². The van der Waals surface area contributed by atoms with Crippen molar-refractivity contribution in [3.8, 4) is 0 Å². The molecule has 0 aliphatic heterocycles. The van der Waals surface area contributed by atoms with Crippen LogP contribution in [0.4, 0.5) is 0 Å². The van der Waals surface area contributed by atoms with Crippen LogP contribution in [0.5, 0.6) is 0 Å². The van der Waals surface area contributed by atoms with Gasteiger partial charge in [-0.3, -0.25) is 24.0 Å². The second kappa shape index (κ2) is 14.2. The highest BCUT2D eigenvalue weighted by atomic mass is 32.1. The number of hydrogen-bond donors (Lipinski definition) is 8. The number of carbonyl (C=O) groups excluding carboxylic acids is 4. The standard InChI is InChI=1S/C18H31N5O8S/c1-8(2)5-11(18(30)31)22-17(29)12(7-32)23-16(28)10(3-4-13(20)24)21-15(27)9(19)6-14(25)26/h8-12,32H,3-7,19H2,1-2H3,(H2,20,24)(H,21,27)(H,22,29)(H,23,28)(H,25,26)(H,30,31). The summed E-state index contributed by atoms with van der Waals surface area (Å²) >= 11 is 4.00. The van der Waals surface area contributed by atoms with E-state index in [1.165, 1.54) is 0 Å². The predicted molar refractivity (Wildman–Crippen MR) is 115 cm³/mol. The smallest absolute Gasteiger partial charge is 0.326 e. The molecule has 4 unspecified atom stereocenters. The van der Waals surface area contributed by atoms with Gasteiger partial charge in [0.15, 0.2) is 0 Å². The van der Waals surface area contributed by atoms with Crippen molar-refractivity contribution in [3.05, 3.63) is 0 Å². The monoisotopic (exact) mass is 477 g/mol. The van der Waals surface area contributed by atoms with Crippen LogP contribution in [0.1, 0.15) is 39.5 Å². The number of nitrogens with two attached hydrogens (primary N) is 2.